The first-order valence-electron chi connectivity index (χ1n) is 4.64. The molecule has 3 nitrogen and oxygen atoms in total. The average molecular weight is 223 g/mol. The van der Waals surface area contributed by atoms with Gasteiger partial charge in [-0.2, -0.15) is 12.6 Å². The molecule has 0 fully saturated rings. The molecule has 1 unspecified atom stereocenters. The molecule has 0 rings (SSSR count). The molecule has 0 amide bonds. The van der Waals surface area contributed by atoms with Crippen LogP contribution in [0.4, 0.5) is 0 Å². The van der Waals surface area contributed by atoms with Gasteiger partial charge in [-0.1, -0.05) is 6.92 Å². The molecule has 0 spiro atoms. The van der Waals surface area contributed by atoms with Crippen LogP contribution >= 0.6 is 12.6 Å². The Hall–Kier alpha value is 0.447. The van der Waals surface area contributed by atoms with Gasteiger partial charge in [0.05, 0.1) is 0 Å². The van der Waals surface area contributed by atoms with Crippen LogP contribution in [0.15, 0.2) is 0 Å². The van der Waals surface area contributed by atoms with E-state index in [1.165, 1.54) is 0 Å². The maximum Gasteiger partial charge on any atom is 0.577 e. The largest absolute Gasteiger partial charge is 0.577 e. The second kappa shape index (κ2) is 9.02. The lowest BCUT2D eigenvalue weighted by Crippen LogP contribution is -2.28. The van der Waals surface area contributed by atoms with Crippen LogP contribution in [0.5, 0.6) is 0 Å². The van der Waals surface area contributed by atoms with Crippen LogP contribution in [0.1, 0.15) is 27.2 Å². The van der Waals surface area contributed by atoms with Crippen LogP contribution in [-0.4, -0.2) is 34.6 Å². The fourth-order valence-electron chi connectivity index (χ4n) is 0.674. The molecule has 0 aliphatic heterocycles. The highest BCUT2D eigenvalue weighted by Crippen LogP contribution is 2.01. The van der Waals surface area contributed by atoms with Gasteiger partial charge in [0, 0.05) is 25.1 Å². The molecule has 0 aromatic heterocycles. The predicted molar refractivity (Wildman–Crippen MR) is 58.0 cm³/mol. The first kappa shape index (κ1) is 13.4. The highest BCUT2D eigenvalue weighted by molar-refractivity contribution is 7.80. The third-order valence-electron chi connectivity index (χ3n) is 1.28. The van der Waals surface area contributed by atoms with Crippen LogP contribution < -0.4 is 0 Å². The van der Waals surface area contributed by atoms with Gasteiger partial charge >= 0.3 is 9.53 Å². The van der Waals surface area contributed by atoms with Crippen LogP contribution in [-0.2, 0) is 13.3 Å². The molecule has 0 saturated carbocycles. The maximum absolute atomic E-state index is 5.44. The van der Waals surface area contributed by atoms with Crippen molar-refractivity contribution in [1.29, 1.82) is 0 Å². The molecule has 1 atom stereocenters. The normalized spacial score (nSPS) is 13.6. The van der Waals surface area contributed by atoms with Gasteiger partial charge in [0.1, 0.15) is 0 Å². The molecule has 0 saturated heterocycles. The predicted octanol–water partition coefficient (Wildman–Crippen LogP) is 1.77. The second-order valence-electron chi connectivity index (χ2n) is 2.60. The molecule has 0 aromatic rings. The van der Waals surface area contributed by atoms with Crippen LogP contribution in [0.3, 0.4) is 0 Å². The van der Waals surface area contributed by atoms with E-state index in [4.69, 9.17) is 13.3 Å². The van der Waals surface area contributed by atoms with Crippen molar-refractivity contribution in [2.75, 3.05) is 19.8 Å². The molecule has 1 radical (unpaired) electrons. The van der Waals surface area contributed by atoms with Gasteiger partial charge in [0.25, 0.3) is 0 Å². The zero-order valence-electron chi connectivity index (χ0n) is 8.58. The third kappa shape index (κ3) is 8.77. The monoisotopic (exact) mass is 223 g/mol. The van der Waals surface area contributed by atoms with Gasteiger partial charge in [0.2, 0.25) is 0 Å². The fourth-order valence-corrected chi connectivity index (χ4v) is 1.78. The Bertz CT molecular complexity index is 108. The Morgan fingerprint density at radius 3 is 2.08 bits per heavy atom. The summed E-state index contributed by atoms with van der Waals surface area (Å²) in [4.78, 5) is 0. The summed E-state index contributed by atoms with van der Waals surface area (Å²) in [5, 5.41) is 0.367. The number of hydrogen-bond donors (Lipinski definition) is 1. The fraction of sp³-hybridized carbons (Fsp3) is 1.00. The van der Waals surface area contributed by atoms with Gasteiger partial charge in [-0.25, -0.2) is 0 Å². The second-order valence-corrected chi connectivity index (χ2v) is 4.85. The Balaban J connectivity index is 3.44. The van der Waals surface area contributed by atoms with E-state index in [-0.39, 0.29) is 0 Å². The summed E-state index contributed by atoms with van der Waals surface area (Å²) in [6.07, 6.45) is 0.928. The third-order valence-corrected chi connectivity index (χ3v) is 3.03. The molecule has 0 aliphatic carbocycles. The zero-order chi connectivity index (χ0) is 10.1. The standard InChI is InChI=1S/C8H19O3SSi/c1-4-9-13(10-5-2)11-7-6-8(3)12/h8,12H,4-7H2,1-3H3. The van der Waals surface area contributed by atoms with Crippen LogP contribution in [0.2, 0.25) is 0 Å². The first-order chi connectivity index (χ1) is 6.20. The van der Waals surface area contributed by atoms with Crippen molar-refractivity contribution in [2.24, 2.45) is 0 Å². The molecular formula is C8H19O3SSi. The molecule has 13 heavy (non-hydrogen) atoms. The summed E-state index contributed by atoms with van der Waals surface area (Å²) in [6, 6.07) is 0. The highest BCUT2D eigenvalue weighted by Gasteiger charge is 2.17. The lowest BCUT2D eigenvalue weighted by molar-refractivity contribution is 0.101. The smallest absolute Gasteiger partial charge is 0.371 e. The SMILES string of the molecule is CCO[Si](OCC)OCCC(C)S. The van der Waals surface area contributed by atoms with E-state index in [1.807, 2.05) is 20.8 Å². The Kier molecular flexibility index (Phi) is 9.33. The van der Waals surface area contributed by atoms with E-state index in [2.05, 4.69) is 12.6 Å². The van der Waals surface area contributed by atoms with E-state index >= 15 is 0 Å². The van der Waals surface area contributed by atoms with Crippen molar-refractivity contribution in [3.05, 3.63) is 0 Å². The summed E-state index contributed by atoms with van der Waals surface area (Å²) in [5.41, 5.74) is 0. The summed E-state index contributed by atoms with van der Waals surface area (Å²) in [5.74, 6) is 0. The summed E-state index contributed by atoms with van der Waals surface area (Å²) < 4.78 is 16.0. The molecule has 0 N–H and O–H groups in total. The summed E-state index contributed by atoms with van der Waals surface area (Å²) >= 11 is 4.25. The minimum atomic E-state index is -1.48. The van der Waals surface area contributed by atoms with Gasteiger partial charge in [-0.05, 0) is 20.3 Å². The van der Waals surface area contributed by atoms with Gasteiger partial charge < -0.3 is 13.3 Å². The average Bonchev–Trinajstić information content (AvgIpc) is 2.04. The lowest BCUT2D eigenvalue weighted by Gasteiger charge is -2.13. The molecule has 5 heteroatoms. The van der Waals surface area contributed by atoms with Crippen molar-refractivity contribution in [3.63, 3.8) is 0 Å². The maximum atomic E-state index is 5.44. The molecular weight excluding hydrogens is 204 g/mol. The highest BCUT2D eigenvalue weighted by atomic mass is 32.1. The van der Waals surface area contributed by atoms with Crippen LogP contribution in [0.25, 0.3) is 0 Å². The van der Waals surface area contributed by atoms with Crippen molar-refractivity contribution in [3.8, 4) is 0 Å². The van der Waals surface area contributed by atoms with Crippen molar-refractivity contribution in [2.45, 2.75) is 32.4 Å². The van der Waals surface area contributed by atoms with Gasteiger partial charge in [-0.15, -0.1) is 0 Å². The van der Waals surface area contributed by atoms with E-state index in [0.29, 0.717) is 25.1 Å². The van der Waals surface area contributed by atoms with E-state index in [1.54, 1.807) is 0 Å². The van der Waals surface area contributed by atoms with Crippen molar-refractivity contribution in [1.82, 2.24) is 0 Å². The van der Waals surface area contributed by atoms with Crippen molar-refractivity contribution >= 4 is 22.2 Å². The molecule has 0 bridgehead atoms. The van der Waals surface area contributed by atoms with Gasteiger partial charge in [0.15, 0.2) is 0 Å². The molecule has 0 aromatic carbocycles. The number of hydrogen-bond acceptors (Lipinski definition) is 4. The summed E-state index contributed by atoms with van der Waals surface area (Å²) in [7, 11) is -1.48. The van der Waals surface area contributed by atoms with Gasteiger partial charge in [-0.3, -0.25) is 0 Å². The van der Waals surface area contributed by atoms with E-state index < -0.39 is 9.53 Å². The summed E-state index contributed by atoms with van der Waals surface area (Å²) in [6.45, 7) is 7.87. The number of rotatable bonds is 8. The lowest BCUT2D eigenvalue weighted by atomic mass is 10.4. The topological polar surface area (TPSA) is 27.7 Å². The minimum absolute atomic E-state index is 0.367. The quantitative estimate of drug-likeness (QED) is 0.502. The minimum Gasteiger partial charge on any atom is -0.371 e. The molecule has 0 aliphatic rings. The number of thiol groups is 1. The van der Waals surface area contributed by atoms with E-state index in [0.717, 1.165) is 6.42 Å². The Morgan fingerprint density at radius 2 is 1.69 bits per heavy atom. The zero-order valence-corrected chi connectivity index (χ0v) is 10.5. The van der Waals surface area contributed by atoms with Crippen LogP contribution in [0, 0.1) is 0 Å². The Labute approximate surface area is 88.1 Å². The molecule has 79 valence electrons. The van der Waals surface area contributed by atoms with Crippen molar-refractivity contribution < 1.29 is 13.3 Å². The molecule has 0 heterocycles. The first-order valence-corrected chi connectivity index (χ1v) is 6.38. The van der Waals surface area contributed by atoms with E-state index in [9.17, 15) is 0 Å². The Morgan fingerprint density at radius 1 is 1.15 bits per heavy atom.